The molecule has 0 bridgehead atoms. The molecular weight excluding hydrogens is 400 g/mol. The number of aromatic hydroxyl groups is 2. The SMILES string of the molecule is CCCc1c(C(=O)O)ccc(O)c1S(=O)(=O)c1c(O)ccc(C(=O)O)c1CCC. The Morgan fingerprint density at radius 2 is 1.10 bits per heavy atom. The van der Waals surface area contributed by atoms with E-state index in [2.05, 4.69) is 0 Å². The van der Waals surface area contributed by atoms with Gasteiger partial charge in [0.05, 0.1) is 11.1 Å². The van der Waals surface area contributed by atoms with Gasteiger partial charge in [-0.05, 0) is 48.2 Å². The van der Waals surface area contributed by atoms with Crippen LogP contribution in [0.2, 0.25) is 0 Å². The van der Waals surface area contributed by atoms with Crippen LogP contribution in [0.3, 0.4) is 0 Å². The van der Waals surface area contributed by atoms with Gasteiger partial charge in [-0.2, -0.15) is 0 Å². The minimum Gasteiger partial charge on any atom is -0.507 e. The summed E-state index contributed by atoms with van der Waals surface area (Å²) in [7, 11) is -4.64. The van der Waals surface area contributed by atoms with E-state index in [0.717, 1.165) is 24.3 Å². The number of carbonyl (C=O) groups is 2. The second-order valence-electron chi connectivity index (χ2n) is 6.49. The summed E-state index contributed by atoms with van der Waals surface area (Å²) in [6, 6.07) is 4.16. The molecule has 0 saturated heterocycles. The summed E-state index contributed by atoms with van der Waals surface area (Å²) in [6.07, 6.45) is 0.893. The topological polar surface area (TPSA) is 149 Å². The van der Waals surface area contributed by atoms with Crippen molar-refractivity contribution in [2.75, 3.05) is 0 Å². The van der Waals surface area contributed by atoms with Crippen LogP contribution >= 0.6 is 0 Å². The number of phenols is 2. The van der Waals surface area contributed by atoms with Crippen molar-refractivity contribution in [2.24, 2.45) is 0 Å². The van der Waals surface area contributed by atoms with Crippen LogP contribution in [-0.4, -0.2) is 40.8 Å². The van der Waals surface area contributed by atoms with Crippen molar-refractivity contribution < 1.29 is 38.4 Å². The van der Waals surface area contributed by atoms with E-state index in [1.807, 2.05) is 0 Å². The molecule has 0 aromatic heterocycles. The second-order valence-corrected chi connectivity index (χ2v) is 8.32. The molecule has 2 aromatic rings. The molecule has 4 N–H and O–H groups in total. The number of benzene rings is 2. The summed E-state index contributed by atoms with van der Waals surface area (Å²) in [5.74, 6) is -4.05. The Balaban J connectivity index is 2.98. The van der Waals surface area contributed by atoms with Gasteiger partial charge in [0.15, 0.2) is 0 Å². The fourth-order valence-electron chi connectivity index (χ4n) is 3.33. The van der Waals surface area contributed by atoms with Crippen molar-refractivity contribution in [2.45, 2.75) is 49.3 Å². The molecule has 0 radical (unpaired) electrons. The first-order chi connectivity index (χ1) is 13.6. The maximum absolute atomic E-state index is 13.5. The van der Waals surface area contributed by atoms with Crippen LogP contribution in [-0.2, 0) is 22.7 Å². The Bertz CT molecular complexity index is 991. The smallest absolute Gasteiger partial charge is 0.336 e. The Labute approximate surface area is 168 Å². The monoisotopic (exact) mass is 422 g/mol. The molecule has 2 rings (SSSR count). The summed E-state index contributed by atoms with van der Waals surface area (Å²) in [6.45, 7) is 3.44. The summed E-state index contributed by atoms with van der Waals surface area (Å²) in [4.78, 5) is 21.9. The van der Waals surface area contributed by atoms with Gasteiger partial charge in [-0.15, -0.1) is 0 Å². The van der Waals surface area contributed by atoms with Gasteiger partial charge in [0.2, 0.25) is 9.84 Å². The van der Waals surface area contributed by atoms with E-state index in [1.54, 1.807) is 13.8 Å². The lowest BCUT2D eigenvalue weighted by molar-refractivity contribution is 0.0684. The molecule has 8 nitrogen and oxygen atoms in total. The zero-order chi connectivity index (χ0) is 21.9. The van der Waals surface area contributed by atoms with Crippen molar-refractivity contribution in [1.82, 2.24) is 0 Å². The number of carboxylic acids is 2. The first-order valence-corrected chi connectivity index (χ1v) is 10.5. The molecule has 0 saturated carbocycles. The molecule has 2 aromatic carbocycles. The van der Waals surface area contributed by atoms with E-state index < -0.39 is 43.1 Å². The van der Waals surface area contributed by atoms with Crippen LogP contribution in [0.4, 0.5) is 0 Å². The maximum Gasteiger partial charge on any atom is 0.336 e. The lowest BCUT2D eigenvalue weighted by atomic mass is 10.0. The van der Waals surface area contributed by atoms with Gasteiger partial charge in [0.25, 0.3) is 0 Å². The lowest BCUT2D eigenvalue weighted by Gasteiger charge is -2.18. The normalized spacial score (nSPS) is 11.4. The van der Waals surface area contributed by atoms with Gasteiger partial charge < -0.3 is 20.4 Å². The number of sulfone groups is 1. The summed E-state index contributed by atoms with van der Waals surface area (Å²) in [5, 5.41) is 39.6. The van der Waals surface area contributed by atoms with Crippen LogP contribution in [0.15, 0.2) is 34.1 Å². The average Bonchev–Trinajstić information content (AvgIpc) is 2.61. The maximum atomic E-state index is 13.5. The van der Waals surface area contributed by atoms with E-state index in [-0.39, 0.29) is 35.1 Å². The fraction of sp³-hybridized carbons (Fsp3) is 0.300. The van der Waals surface area contributed by atoms with Crippen molar-refractivity contribution >= 4 is 21.8 Å². The van der Waals surface area contributed by atoms with Crippen LogP contribution in [0.5, 0.6) is 11.5 Å². The van der Waals surface area contributed by atoms with Crippen LogP contribution in [0, 0.1) is 0 Å². The van der Waals surface area contributed by atoms with Crippen LogP contribution in [0.1, 0.15) is 58.5 Å². The predicted molar refractivity (Wildman–Crippen MR) is 104 cm³/mol. The molecule has 0 amide bonds. The van der Waals surface area contributed by atoms with Crippen molar-refractivity contribution in [3.8, 4) is 11.5 Å². The van der Waals surface area contributed by atoms with Gasteiger partial charge in [-0.1, -0.05) is 26.7 Å². The number of hydrogen-bond acceptors (Lipinski definition) is 6. The van der Waals surface area contributed by atoms with Crippen molar-refractivity contribution in [1.29, 1.82) is 0 Å². The molecule has 0 heterocycles. The number of aromatic carboxylic acids is 2. The molecule has 0 aliphatic rings. The average molecular weight is 422 g/mol. The standard InChI is InChI=1S/C20H22O8S/c1-3-5-11-13(19(23)24)7-9-15(21)17(11)29(27,28)18-12(6-4-2)14(20(25)26)8-10-16(18)22/h7-10,21-22H,3-6H2,1-2H3,(H,23,24)(H,25,26). The van der Waals surface area contributed by atoms with Gasteiger partial charge in [-0.3, -0.25) is 0 Å². The number of carboxylic acid groups (broad SMARTS) is 2. The lowest BCUT2D eigenvalue weighted by Crippen LogP contribution is -2.15. The van der Waals surface area contributed by atoms with E-state index in [9.17, 15) is 38.4 Å². The molecule has 0 fully saturated rings. The predicted octanol–water partition coefficient (Wildman–Crippen LogP) is 3.23. The number of phenolic OH excluding ortho intramolecular Hbond substituents is 2. The summed E-state index contributed by atoms with van der Waals surface area (Å²) >= 11 is 0. The molecule has 29 heavy (non-hydrogen) atoms. The molecule has 0 aliphatic heterocycles. The van der Waals surface area contributed by atoms with E-state index in [1.165, 1.54) is 0 Å². The van der Waals surface area contributed by atoms with Crippen molar-refractivity contribution in [3.63, 3.8) is 0 Å². The number of hydrogen-bond donors (Lipinski definition) is 4. The van der Waals surface area contributed by atoms with Gasteiger partial charge >= 0.3 is 11.9 Å². The fourth-order valence-corrected chi connectivity index (χ4v) is 5.29. The molecule has 156 valence electrons. The van der Waals surface area contributed by atoms with Crippen LogP contribution < -0.4 is 0 Å². The Morgan fingerprint density at radius 3 is 1.38 bits per heavy atom. The highest BCUT2D eigenvalue weighted by molar-refractivity contribution is 7.91. The highest BCUT2D eigenvalue weighted by Crippen LogP contribution is 2.40. The first-order valence-electron chi connectivity index (χ1n) is 8.99. The van der Waals surface area contributed by atoms with Gasteiger partial charge in [-0.25, -0.2) is 18.0 Å². The third-order valence-electron chi connectivity index (χ3n) is 4.48. The Hall–Kier alpha value is -3.07. The molecule has 0 unspecified atom stereocenters. The molecule has 9 heteroatoms. The largest absolute Gasteiger partial charge is 0.507 e. The second kappa shape index (κ2) is 8.52. The molecule has 0 atom stereocenters. The van der Waals surface area contributed by atoms with E-state index in [0.29, 0.717) is 12.8 Å². The Morgan fingerprint density at radius 1 is 0.759 bits per heavy atom. The Kier molecular flexibility index (Phi) is 6.53. The van der Waals surface area contributed by atoms with E-state index in [4.69, 9.17) is 0 Å². The molecule has 0 aliphatic carbocycles. The zero-order valence-corrected chi connectivity index (χ0v) is 16.8. The highest BCUT2D eigenvalue weighted by Gasteiger charge is 2.34. The molecular formula is C20H22O8S. The molecule has 0 spiro atoms. The quantitative estimate of drug-likeness (QED) is 0.506. The summed E-state index contributed by atoms with van der Waals surface area (Å²) < 4.78 is 27.0. The first kappa shape index (κ1) is 22.2. The third kappa shape index (κ3) is 4.04. The van der Waals surface area contributed by atoms with E-state index >= 15 is 0 Å². The minimum absolute atomic E-state index is 0.0487. The van der Waals surface area contributed by atoms with Gasteiger partial charge in [0.1, 0.15) is 21.3 Å². The minimum atomic E-state index is -4.64. The number of rotatable bonds is 8. The van der Waals surface area contributed by atoms with Crippen molar-refractivity contribution in [3.05, 3.63) is 46.5 Å². The summed E-state index contributed by atoms with van der Waals surface area (Å²) in [5.41, 5.74) is -0.756. The highest BCUT2D eigenvalue weighted by atomic mass is 32.2. The van der Waals surface area contributed by atoms with Crippen LogP contribution in [0.25, 0.3) is 0 Å². The van der Waals surface area contributed by atoms with Gasteiger partial charge in [0, 0.05) is 0 Å². The third-order valence-corrected chi connectivity index (χ3v) is 6.46. The zero-order valence-electron chi connectivity index (χ0n) is 16.0.